The number of amides is 2. The third kappa shape index (κ3) is 5.88. The molecule has 0 saturated heterocycles. The number of nitrogens with one attached hydrogen (secondary N) is 3. The number of benzene rings is 1. The second kappa shape index (κ2) is 8.85. The maximum absolute atomic E-state index is 13.0. The predicted octanol–water partition coefficient (Wildman–Crippen LogP) is 2.25. The Morgan fingerprint density at radius 1 is 1.19 bits per heavy atom. The van der Waals surface area contributed by atoms with Crippen LogP contribution >= 0.6 is 23.1 Å². The molecule has 0 spiro atoms. The first-order valence-corrected chi connectivity index (χ1v) is 8.96. The second-order valence-electron chi connectivity index (χ2n) is 4.78. The fourth-order valence-corrected chi connectivity index (χ4v) is 3.31. The summed E-state index contributed by atoms with van der Waals surface area (Å²) in [6.07, 6.45) is -4.49. The molecule has 3 N–H and O–H groups in total. The SMILES string of the molecule is CNC(=O)CNC(=O)CSc1nnc(Nc2ccccc2C(F)(F)F)s1. The largest absolute Gasteiger partial charge is 0.418 e. The number of nitrogens with zero attached hydrogens (tertiary/aromatic N) is 2. The Morgan fingerprint density at radius 2 is 1.92 bits per heavy atom. The van der Waals surface area contributed by atoms with Crippen LogP contribution in [0.2, 0.25) is 0 Å². The van der Waals surface area contributed by atoms with Gasteiger partial charge in [0.2, 0.25) is 16.9 Å². The molecule has 7 nitrogen and oxygen atoms in total. The van der Waals surface area contributed by atoms with Crippen molar-refractivity contribution in [1.29, 1.82) is 0 Å². The van der Waals surface area contributed by atoms with Gasteiger partial charge in [-0.15, -0.1) is 10.2 Å². The monoisotopic (exact) mass is 405 g/mol. The minimum absolute atomic E-state index is 0.00473. The fourth-order valence-electron chi connectivity index (χ4n) is 1.72. The van der Waals surface area contributed by atoms with E-state index in [0.717, 1.165) is 29.2 Å². The molecule has 2 rings (SSSR count). The van der Waals surface area contributed by atoms with Gasteiger partial charge in [0.1, 0.15) is 0 Å². The lowest BCUT2D eigenvalue weighted by Gasteiger charge is -2.12. The fraction of sp³-hybridized carbons (Fsp3) is 0.286. The Kier molecular flexibility index (Phi) is 6.80. The zero-order valence-electron chi connectivity index (χ0n) is 13.4. The lowest BCUT2D eigenvalue weighted by Crippen LogP contribution is -2.35. The number of hydrogen-bond acceptors (Lipinski definition) is 7. The highest BCUT2D eigenvalue weighted by molar-refractivity contribution is 8.01. The Bertz CT molecular complexity index is 782. The van der Waals surface area contributed by atoms with Gasteiger partial charge in [-0.1, -0.05) is 35.2 Å². The molecule has 1 aromatic heterocycles. The number of carbonyl (C=O) groups is 2. The van der Waals surface area contributed by atoms with Gasteiger partial charge in [0.25, 0.3) is 0 Å². The molecule has 2 aromatic rings. The van der Waals surface area contributed by atoms with Crippen molar-refractivity contribution in [3.05, 3.63) is 29.8 Å². The Labute approximate surface area is 154 Å². The van der Waals surface area contributed by atoms with Crippen LogP contribution in [0.25, 0.3) is 0 Å². The maximum Gasteiger partial charge on any atom is 0.418 e. The minimum atomic E-state index is -4.49. The van der Waals surface area contributed by atoms with Crippen LogP contribution in [0.1, 0.15) is 5.56 Å². The van der Waals surface area contributed by atoms with Gasteiger partial charge < -0.3 is 16.0 Å². The third-order valence-electron chi connectivity index (χ3n) is 2.93. The molecular weight excluding hydrogens is 391 g/mol. The van der Waals surface area contributed by atoms with Gasteiger partial charge in [-0.05, 0) is 12.1 Å². The van der Waals surface area contributed by atoms with Gasteiger partial charge in [0, 0.05) is 7.05 Å². The van der Waals surface area contributed by atoms with Crippen LogP contribution in [0.4, 0.5) is 24.0 Å². The quantitative estimate of drug-likeness (QED) is 0.612. The summed E-state index contributed by atoms with van der Waals surface area (Å²) in [4.78, 5) is 22.6. The smallest absolute Gasteiger partial charge is 0.358 e. The normalized spacial score (nSPS) is 11.1. The van der Waals surface area contributed by atoms with Crippen molar-refractivity contribution >= 4 is 45.7 Å². The molecule has 0 radical (unpaired) electrons. The molecule has 26 heavy (non-hydrogen) atoms. The highest BCUT2D eigenvalue weighted by atomic mass is 32.2. The van der Waals surface area contributed by atoms with Crippen LogP contribution in [0.3, 0.4) is 0 Å². The van der Waals surface area contributed by atoms with Crippen LogP contribution in [0, 0.1) is 0 Å². The number of thioether (sulfide) groups is 1. The number of halogens is 3. The number of likely N-dealkylation sites (N-methyl/N-ethyl adjacent to an activating group) is 1. The molecule has 0 bridgehead atoms. The summed E-state index contributed by atoms with van der Waals surface area (Å²) >= 11 is 2.09. The molecule has 0 unspecified atom stereocenters. The van der Waals surface area contributed by atoms with Crippen LogP contribution in [0.15, 0.2) is 28.6 Å². The van der Waals surface area contributed by atoms with Crippen LogP contribution < -0.4 is 16.0 Å². The van der Waals surface area contributed by atoms with Crippen LogP contribution in [0.5, 0.6) is 0 Å². The highest BCUT2D eigenvalue weighted by Gasteiger charge is 2.33. The molecule has 1 heterocycles. The van der Waals surface area contributed by atoms with E-state index in [4.69, 9.17) is 0 Å². The molecule has 0 fully saturated rings. The van der Waals surface area contributed by atoms with Gasteiger partial charge in [-0.2, -0.15) is 13.2 Å². The average molecular weight is 405 g/mol. The molecule has 0 aliphatic rings. The number of carbonyl (C=O) groups excluding carboxylic acids is 2. The summed E-state index contributed by atoms with van der Waals surface area (Å²) in [5.41, 5.74) is -0.936. The average Bonchev–Trinajstić information content (AvgIpc) is 3.04. The van der Waals surface area contributed by atoms with E-state index < -0.39 is 11.7 Å². The Balaban J connectivity index is 1.93. The standard InChI is InChI=1S/C14H14F3N5O2S2/c1-18-10(23)6-19-11(24)7-25-13-22-21-12(26-13)20-9-5-3-2-4-8(9)14(15,16)17/h2-5H,6-7H2,1H3,(H,18,23)(H,19,24)(H,20,21). The van der Waals surface area contributed by atoms with E-state index in [0.29, 0.717) is 4.34 Å². The second-order valence-corrected chi connectivity index (χ2v) is 6.98. The molecule has 1 aromatic carbocycles. The zero-order valence-corrected chi connectivity index (χ0v) is 15.0. The number of aromatic nitrogens is 2. The summed E-state index contributed by atoms with van der Waals surface area (Å²) in [6.45, 7) is -0.132. The number of alkyl halides is 3. The third-order valence-corrected chi connectivity index (χ3v) is 4.90. The zero-order chi connectivity index (χ0) is 19.2. The first kappa shape index (κ1) is 20.0. The number of anilines is 2. The van der Waals surface area contributed by atoms with Crippen molar-refractivity contribution in [2.24, 2.45) is 0 Å². The van der Waals surface area contributed by atoms with Gasteiger partial charge in [-0.25, -0.2) is 0 Å². The van der Waals surface area contributed by atoms with Crippen LogP contribution in [-0.2, 0) is 15.8 Å². The number of hydrogen-bond donors (Lipinski definition) is 3. The Morgan fingerprint density at radius 3 is 2.62 bits per heavy atom. The van der Waals surface area contributed by atoms with E-state index in [1.54, 1.807) is 0 Å². The van der Waals surface area contributed by atoms with E-state index in [9.17, 15) is 22.8 Å². The first-order chi connectivity index (χ1) is 12.3. The van der Waals surface area contributed by atoms with E-state index >= 15 is 0 Å². The molecule has 2 amide bonds. The van der Waals surface area contributed by atoms with Crippen molar-refractivity contribution in [1.82, 2.24) is 20.8 Å². The predicted molar refractivity (Wildman–Crippen MR) is 92.4 cm³/mol. The summed E-state index contributed by atoms with van der Waals surface area (Å²) < 4.78 is 39.3. The lowest BCUT2D eigenvalue weighted by molar-refractivity contribution is -0.137. The number of rotatable bonds is 7. The van der Waals surface area contributed by atoms with Crippen molar-refractivity contribution in [2.45, 2.75) is 10.5 Å². The van der Waals surface area contributed by atoms with Gasteiger partial charge in [0.05, 0.1) is 23.5 Å². The Hall–Kier alpha value is -2.34. The van der Waals surface area contributed by atoms with Crippen molar-refractivity contribution in [2.75, 3.05) is 24.7 Å². The van der Waals surface area contributed by atoms with Crippen molar-refractivity contribution < 1.29 is 22.8 Å². The van der Waals surface area contributed by atoms with E-state index in [-0.39, 0.29) is 34.9 Å². The number of para-hydroxylation sites is 1. The lowest BCUT2D eigenvalue weighted by atomic mass is 10.2. The minimum Gasteiger partial charge on any atom is -0.358 e. The summed E-state index contributed by atoms with van der Waals surface area (Å²) in [6, 6.07) is 5.04. The van der Waals surface area contributed by atoms with Crippen LogP contribution in [-0.4, -0.2) is 41.4 Å². The van der Waals surface area contributed by atoms with E-state index in [1.165, 1.54) is 25.2 Å². The van der Waals surface area contributed by atoms with Crippen molar-refractivity contribution in [3.63, 3.8) is 0 Å². The molecule has 12 heteroatoms. The molecule has 0 aliphatic carbocycles. The molecule has 0 saturated carbocycles. The summed E-state index contributed by atoms with van der Waals surface area (Å²) in [5.74, 6) is -0.690. The maximum atomic E-state index is 13.0. The summed E-state index contributed by atoms with van der Waals surface area (Å²) in [7, 11) is 1.45. The van der Waals surface area contributed by atoms with Gasteiger partial charge in [-0.3, -0.25) is 9.59 Å². The molecule has 0 atom stereocenters. The van der Waals surface area contributed by atoms with Crippen molar-refractivity contribution in [3.8, 4) is 0 Å². The molecule has 0 aliphatic heterocycles. The topological polar surface area (TPSA) is 96.0 Å². The molecule has 140 valence electrons. The summed E-state index contributed by atoms with van der Waals surface area (Å²) in [5, 5.41) is 15.1. The first-order valence-electron chi connectivity index (χ1n) is 7.16. The van der Waals surface area contributed by atoms with E-state index in [2.05, 4.69) is 26.1 Å². The van der Waals surface area contributed by atoms with Gasteiger partial charge >= 0.3 is 6.18 Å². The van der Waals surface area contributed by atoms with Gasteiger partial charge in [0.15, 0.2) is 4.34 Å². The highest BCUT2D eigenvalue weighted by Crippen LogP contribution is 2.36. The van der Waals surface area contributed by atoms with E-state index in [1.807, 2.05) is 0 Å². The molecular formula is C14H14F3N5O2S2.